The molecule has 0 aliphatic carbocycles. The highest BCUT2D eigenvalue weighted by atomic mass is 35.5. The van der Waals surface area contributed by atoms with Crippen LogP contribution in [0, 0.1) is 0 Å². The van der Waals surface area contributed by atoms with Crippen molar-refractivity contribution in [1.82, 2.24) is 15.2 Å². The maximum absolute atomic E-state index is 12.0. The zero-order valence-corrected chi connectivity index (χ0v) is 17.6. The molecule has 0 bridgehead atoms. The van der Waals surface area contributed by atoms with E-state index in [4.69, 9.17) is 27.9 Å². The molecule has 156 valence electrons. The molecule has 2 heterocycles. The Bertz CT molecular complexity index is 799. The van der Waals surface area contributed by atoms with E-state index in [-0.39, 0.29) is 25.0 Å². The van der Waals surface area contributed by atoms with Gasteiger partial charge in [0.15, 0.2) is 0 Å². The maximum atomic E-state index is 12.0. The van der Waals surface area contributed by atoms with E-state index < -0.39 is 6.10 Å². The highest BCUT2D eigenvalue weighted by Crippen LogP contribution is 2.28. The van der Waals surface area contributed by atoms with Crippen molar-refractivity contribution in [2.24, 2.45) is 0 Å². The summed E-state index contributed by atoms with van der Waals surface area (Å²) in [5.41, 5.74) is 0.850. The molecule has 1 aliphatic heterocycles. The molecule has 1 unspecified atom stereocenters. The van der Waals surface area contributed by atoms with Crippen molar-refractivity contribution >= 4 is 29.1 Å². The third kappa shape index (κ3) is 7.16. The van der Waals surface area contributed by atoms with Crippen molar-refractivity contribution < 1.29 is 14.6 Å². The zero-order chi connectivity index (χ0) is 20.6. The number of halogens is 2. The summed E-state index contributed by atoms with van der Waals surface area (Å²) in [5, 5.41) is 14.0. The van der Waals surface area contributed by atoms with Crippen LogP contribution in [0.2, 0.25) is 10.0 Å². The lowest BCUT2D eigenvalue weighted by Crippen LogP contribution is -2.45. The molecule has 1 aliphatic rings. The van der Waals surface area contributed by atoms with Crippen molar-refractivity contribution in [3.05, 3.63) is 58.3 Å². The number of aromatic nitrogens is 1. The van der Waals surface area contributed by atoms with Crippen molar-refractivity contribution in [2.75, 3.05) is 26.2 Å². The van der Waals surface area contributed by atoms with Crippen LogP contribution in [-0.4, -0.2) is 59.3 Å². The average molecular weight is 438 g/mol. The first-order valence-electron chi connectivity index (χ1n) is 9.67. The number of nitrogens with one attached hydrogen (secondary N) is 1. The first-order valence-corrected chi connectivity index (χ1v) is 10.4. The van der Waals surface area contributed by atoms with Gasteiger partial charge in [0.1, 0.15) is 11.9 Å². The lowest BCUT2D eigenvalue weighted by molar-refractivity contribution is -0.121. The predicted octanol–water partition coefficient (Wildman–Crippen LogP) is 2.95. The first kappa shape index (κ1) is 21.8. The van der Waals surface area contributed by atoms with E-state index in [1.54, 1.807) is 30.6 Å². The molecular formula is C21H25Cl2N3O3. The lowest BCUT2D eigenvalue weighted by Gasteiger charge is -2.33. The number of benzene rings is 1. The fourth-order valence-corrected chi connectivity index (χ4v) is 3.59. The summed E-state index contributed by atoms with van der Waals surface area (Å²) >= 11 is 12.0. The van der Waals surface area contributed by atoms with Gasteiger partial charge in [-0.15, -0.1) is 0 Å². The van der Waals surface area contributed by atoms with E-state index in [1.165, 1.54) is 0 Å². The topological polar surface area (TPSA) is 74.7 Å². The molecule has 1 aromatic heterocycles. The minimum atomic E-state index is -0.611. The Hall–Kier alpha value is -1.86. The quantitative estimate of drug-likeness (QED) is 0.663. The van der Waals surface area contributed by atoms with Crippen LogP contribution < -0.4 is 10.1 Å². The Morgan fingerprint density at radius 2 is 2.07 bits per heavy atom. The molecule has 3 rings (SSSR count). The molecule has 0 spiro atoms. The molecule has 1 fully saturated rings. The summed E-state index contributed by atoms with van der Waals surface area (Å²) < 4.78 is 5.99. The van der Waals surface area contributed by atoms with Gasteiger partial charge in [0.2, 0.25) is 5.91 Å². The fraction of sp³-hybridized carbons (Fsp3) is 0.429. The van der Waals surface area contributed by atoms with Gasteiger partial charge < -0.3 is 20.1 Å². The largest absolute Gasteiger partial charge is 0.490 e. The van der Waals surface area contributed by atoms with E-state index in [0.29, 0.717) is 22.3 Å². The van der Waals surface area contributed by atoms with Crippen molar-refractivity contribution in [3.63, 3.8) is 0 Å². The molecule has 1 aromatic carbocycles. The third-order valence-corrected chi connectivity index (χ3v) is 5.56. The Balaban J connectivity index is 1.34. The monoisotopic (exact) mass is 437 g/mol. The number of piperidine rings is 1. The second-order valence-electron chi connectivity index (χ2n) is 7.19. The summed E-state index contributed by atoms with van der Waals surface area (Å²) in [5.74, 6) is 0.597. The fourth-order valence-electron chi connectivity index (χ4n) is 3.30. The van der Waals surface area contributed by atoms with Crippen LogP contribution in [0.3, 0.4) is 0 Å². The van der Waals surface area contributed by atoms with Gasteiger partial charge in [-0.3, -0.25) is 9.78 Å². The minimum Gasteiger partial charge on any atom is -0.490 e. The average Bonchev–Trinajstić information content (AvgIpc) is 2.71. The Labute approximate surface area is 180 Å². The maximum Gasteiger partial charge on any atom is 0.224 e. The van der Waals surface area contributed by atoms with E-state index >= 15 is 0 Å². The number of carbonyl (C=O) groups excluding carboxylic acids is 1. The number of rotatable bonds is 8. The molecule has 6 nitrogen and oxygen atoms in total. The molecular weight excluding hydrogens is 413 g/mol. The van der Waals surface area contributed by atoms with Crippen molar-refractivity contribution in [1.29, 1.82) is 0 Å². The molecule has 1 atom stereocenters. The van der Waals surface area contributed by atoms with Crippen LogP contribution >= 0.6 is 23.2 Å². The van der Waals surface area contributed by atoms with E-state index in [2.05, 4.69) is 15.2 Å². The molecule has 0 radical (unpaired) electrons. The number of carbonyl (C=O) groups is 1. The predicted molar refractivity (Wildman–Crippen MR) is 114 cm³/mol. The number of amides is 1. The number of β-amino-alcohol motifs (C(OH)–C–C–N with tert-alkyl or cyclic N) is 1. The van der Waals surface area contributed by atoms with Gasteiger partial charge in [0, 0.05) is 44.6 Å². The van der Waals surface area contributed by atoms with Crippen LogP contribution in [0.1, 0.15) is 18.4 Å². The van der Waals surface area contributed by atoms with E-state index in [1.807, 2.05) is 12.1 Å². The number of pyridine rings is 1. The van der Waals surface area contributed by atoms with Gasteiger partial charge in [0.05, 0.1) is 22.6 Å². The zero-order valence-electron chi connectivity index (χ0n) is 16.1. The second-order valence-corrected chi connectivity index (χ2v) is 8.00. The number of aliphatic hydroxyl groups excluding tert-OH is 1. The van der Waals surface area contributed by atoms with Gasteiger partial charge in [-0.2, -0.15) is 0 Å². The van der Waals surface area contributed by atoms with Gasteiger partial charge in [-0.1, -0.05) is 29.3 Å². The van der Waals surface area contributed by atoms with Crippen LogP contribution in [0.4, 0.5) is 0 Å². The van der Waals surface area contributed by atoms with Gasteiger partial charge in [-0.25, -0.2) is 0 Å². The summed E-state index contributed by atoms with van der Waals surface area (Å²) in [6.07, 6.45) is 4.82. The SMILES string of the molecule is O=C(Cc1cccnc1)NCC(O)CN1CCC(Oc2ccc(Cl)c(Cl)c2)CC1. The minimum absolute atomic E-state index is 0.111. The Morgan fingerprint density at radius 1 is 1.28 bits per heavy atom. The first-order chi connectivity index (χ1) is 14.0. The standard InChI is InChI=1S/C21H25Cl2N3O3/c22-19-4-3-18(11-20(19)23)29-17-5-8-26(9-6-17)14-16(27)13-25-21(28)10-15-2-1-7-24-12-15/h1-4,7,11-12,16-17,27H,5-6,8-10,13-14H2,(H,25,28). The summed E-state index contributed by atoms with van der Waals surface area (Å²) in [6.45, 7) is 2.41. The molecule has 29 heavy (non-hydrogen) atoms. The molecule has 8 heteroatoms. The number of hydrogen-bond donors (Lipinski definition) is 2. The number of ether oxygens (including phenoxy) is 1. The molecule has 1 saturated heterocycles. The van der Waals surface area contributed by atoms with Crippen LogP contribution in [0.15, 0.2) is 42.7 Å². The normalized spacial score (nSPS) is 16.4. The van der Waals surface area contributed by atoms with Crippen LogP contribution in [0.25, 0.3) is 0 Å². The third-order valence-electron chi connectivity index (χ3n) is 4.82. The van der Waals surface area contributed by atoms with Gasteiger partial charge >= 0.3 is 0 Å². The van der Waals surface area contributed by atoms with Crippen LogP contribution in [-0.2, 0) is 11.2 Å². The van der Waals surface area contributed by atoms with Crippen molar-refractivity contribution in [3.8, 4) is 5.75 Å². The van der Waals surface area contributed by atoms with E-state index in [0.717, 1.165) is 31.5 Å². The molecule has 2 N–H and O–H groups in total. The lowest BCUT2D eigenvalue weighted by atomic mass is 10.1. The Kier molecular flexibility index (Phi) is 8.12. The van der Waals surface area contributed by atoms with Crippen LogP contribution in [0.5, 0.6) is 5.75 Å². The van der Waals surface area contributed by atoms with Gasteiger partial charge in [-0.05, 0) is 36.6 Å². The molecule has 2 aromatic rings. The highest BCUT2D eigenvalue weighted by Gasteiger charge is 2.22. The van der Waals surface area contributed by atoms with Crippen molar-refractivity contribution in [2.45, 2.75) is 31.5 Å². The van der Waals surface area contributed by atoms with E-state index in [9.17, 15) is 9.90 Å². The summed E-state index contributed by atoms with van der Waals surface area (Å²) in [6, 6.07) is 8.93. The number of nitrogens with zero attached hydrogens (tertiary/aromatic N) is 2. The molecule has 0 saturated carbocycles. The number of hydrogen-bond acceptors (Lipinski definition) is 5. The highest BCUT2D eigenvalue weighted by molar-refractivity contribution is 6.42. The smallest absolute Gasteiger partial charge is 0.224 e. The number of aliphatic hydroxyl groups is 1. The van der Waals surface area contributed by atoms with Gasteiger partial charge in [0.25, 0.3) is 0 Å². The summed E-state index contributed by atoms with van der Waals surface area (Å²) in [4.78, 5) is 18.2. The Morgan fingerprint density at radius 3 is 2.76 bits per heavy atom. The molecule has 1 amide bonds. The number of likely N-dealkylation sites (tertiary alicyclic amines) is 1. The summed E-state index contributed by atoms with van der Waals surface area (Å²) in [7, 11) is 0. The second kappa shape index (κ2) is 10.8.